The normalized spacial score (nSPS) is 11.2. The van der Waals surface area contributed by atoms with Crippen LogP contribution in [0.25, 0.3) is 0 Å². The van der Waals surface area contributed by atoms with E-state index in [1.807, 2.05) is 18.5 Å². The van der Waals surface area contributed by atoms with Crippen LogP contribution in [-0.4, -0.2) is 15.6 Å². The Labute approximate surface area is 108 Å². The number of hydrogen-bond donors (Lipinski definition) is 0. The van der Waals surface area contributed by atoms with Crippen molar-refractivity contribution in [2.45, 2.75) is 53.5 Å². The quantitative estimate of drug-likeness (QED) is 0.782. The fourth-order valence-electron chi connectivity index (χ4n) is 2.09. The van der Waals surface area contributed by atoms with E-state index in [4.69, 9.17) is 11.6 Å². The van der Waals surface area contributed by atoms with Crippen molar-refractivity contribution in [2.24, 2.45) is 5.92 Å². The average molecular weight is 257 g/mol. The van der Waals surface area contributed by atoms with E-state index in [0.717, 1.165) is 30.8 Å². The van der Waals surface area contributed by atoms with E-state index in [2.05, 4.69) is 18.9 Å². The van der Waals surface area contributed by atoms with Gasteiger partial charge in [-0.2, -0.15) is 5.10 Å². The number of halogens is 1. The number of carbonyl (C=O) groups is 1. The van der Waals surface area contributed by atoms with Crippen LogP contribution in [0, 0.1) is 12.8 Å². The van der Waals surface area contributed by atoms with Crippen LogP contribution in [0.1, 0.15) is 45.0 Å². The molecule has 3 nitrogen and oxygen atoms in total. The van der Waals surface area contributed by atoms with Crippen LogP contribution in [0.2, 0.25) is 5.02 Å². The van der Waals surface area contributed by atoms with Crippen molar-refractivity contribution in [3.05, 3.63) is 16.4 Å². The molecule has 0 saturated carbocycles. The van der Waals surface area contributed by atoms with Gasteiger partial charge in [0.2, 0.25) is 0 Å². The maximum atomic E-state index is 12.1. The first-order valence-corrected chi connectivity index (χ1v) is 6.67. The third-order valence-electron chi connectivity index (χ3n) is 3.24. The van der Waals surface area contributed by atoms with Crippen molar-refractivity contribution in [1.82, 2.24) is 9.78 Å². The molecule has 0 amide bonds. The van der Waals surface area contributed by atoms with Crippen molar-refractivity contribution in [2.75, 3.05) is 0 Å². The molecule has 1 aromatic heterocycles. The molecule has 0 bridgehead atoms. The molecule has 0 aromatic carbocycles. The molecular formula is C13H21ClN2O. The molecule has 1 heterocycles. The summed E-state index contributed by atoms with van der Waals surface area (Å²) >= 11 is 6.19. The maximum Gasteiger partial charge on any atom is 0.141 e. The second-order valence-corrected chi connectivity index (χ2v) is 4.70. The van der Waals surface area contributed by atoms with E-state index in [0.29, 0.717) is 11.4 Å². The number of aromatic nitrogens is 2. The number of ketones is 1. The number of aryl methyl sites for hydroxylation is 2. The molecule has 0 atom stereocenters. The monoisotopic (exact) mass is 256 g/mol. The van der Waals surface area contributed by atoms with Gasteiger partial charge < -0.3 is 0 Å². The minimum absolute atomic E-state index is 0.145. The van der Waals surface area contributed by atoms with E-state index in [1.54, 1.807) is 0 Å². The fourth-order valence-corrected chi connectivity index (χ4v) is 2.29. The van der Waals surface area contributed by atoms with E-state index in [-0.39, 0.29) is 11.7 Å². The Morgan fingerprint density at radius 2 is 1.94 bits per heavy atom. The van der Waals surface area contributed by atoms with E-state index in [9.17, 15) is 4.79 Å². The molecule has 0 unspecified atom stereocenters. The molecule has 1 rings (SSSR count). The summed E-state index contributed by atoms with van der Waals surface area (Å²) < 4.78 is 1.83. The largest absolute Gasteiger partial charge is 0.299 e. The van der Waals surface area contributed by atoms with Gasteiger partial charge >= 0.3 is 0 Å². The fraction of sp³-hybridized carbons (Fsp3) is 0.692. The Hall–Kier alpha value is -0.830. The zero-order valence-electron chi connectivity index (χ0n) is 11.1. The second kappa shape index (κ2) is 6.20. The van der Waals surface area contributed by atoms with Gasteiger partial charge in [0.15, 0.2) is 0 Å². The van der Waals surface area contributed by atoms with Gasteiger partial charge in [-0.25, -0.2) is 0 Å². The summed E-state index contributed by atoms with van der Waals surface area (Å²) in [6.45, 7) is 8.73. The summed E-state index contributed by atoms with van der Waals surface area (Å²) in [5.74, 6) is 0.415. The summed E-state index contributed by atoms with van der Waals surface area (Å²) in [5, 5.41) is 4.97. The smallest absolute Gasteiger partial charge is 0.141 e. The SMILES string of the molecule is CCC(CC)C(=O)Cc1c(Cl)c(C)nn1CC. The summed E-state index contributed by atoms with van der Waals surface area (Å²) in [7, 11) is 0. The van der Waals surface area contributed by atoms with Crippen LogP contribution in [0.3, 0.4) is 0 Å². The Balaban J connectivity index is 2.91. The van der Waals surface area contributed by atoms with Crippen LogP contribution in [0.5, 0.6) is 0 Å². The molecule has 1 aromatic rings. The number of Topliss-reactive ketones (excluding diaryl/α,β-unsaturated/α-hetero) is 1. The molecule has 17 heavy (non-hydrogen) atoms. The van der Waals surface area contributed by atoms with Crippen LogP contribution in [-0.2, 0) is 17.8 Å². The lowest BCUT2D eigenvalue weighted by Crippen LogP contribution is -2.17. The van der Waals surface area contributed by atoms with Crippen molar-refractivity contribution in [1.29, 1.82) is 0 Å². The molecule has 96 valence electrons. The van der Waals surface area contributed by atoms with Crippen molar-refractivity contribution >= 4 is 17.4 Å². The van der Waals surface area contributed by atoms with E-state index in [1.165, 1.54) is 0 Å². The van der Waals surface area contributed by atoms with Crippen molar-refractivity contribution in [3.63, 3.8) is 0 Å². The first-order valence-electron chi connectivity index (χ1n) is 6.29. The van der Waals surface area contributed by atoms with Crippen LogP contribution >= 0.6 is 11.6 Å². The molecule has 0 N–H and O–H groups in total. The first kappa shape index (κ1) is 14.2. The van der Waals surface area contributed by atoms with Gasteiger partial charge in [-0.15, -0.1) is 0 Å². The number of carbonyl (C=O) groups excluding carboxylic acids is 1. The van der Waals surface area contributed by atoms with Crippen molar-refractivity contribution < 1.29 is 4.79 Å². The van der Waals surface area contributed by atoms with Gasteiger partial charge in [-0.3, -0.25) is 9.48 Å². The van der Waals surface area contributed by atoms with Gasteiger partial charge in [0, 0.05) is 12.5 Å². The minimum Gasteiger partial charge on any atom is -0.299 e. The third kappa shape index (κ3) is 3.09. The Kier molecular flexibility index (Phi) is 5.19. The zero-order chi connectivity index (χ0) is 13.0. The summed E-state index contributed by atoms with van der Waals surface area (Å²) in [6, 6.07) is 0. The number of rotatable bonds is 6. The third-order valence-corrected chi connectivity index (χ3v) is 3.73. The van der Waals surface area contributed by atoms with Crippen LogP contribution in [0.15, 0.2) is 0 Å². The highest BCUT2D eigenvalue weighted by molar-refractivity contribution is 6.32. The molecule has 0 radical (unpaired) electrons. The molecule has 4 heteroatoms. The van der Waals surface area contributed by atoms with Gasteiger partial charge in [0.25, 0.3) is 0 Å². The van der Waals surface area contributed by atoms with Crippen LogP contribution < -0.4 is 0 Å². The predicted octanol–water partition coefficient (Wildman–Crippen LogP) is 3.41. The molecule has 0 aliphatic rings. The lowest BCUT2D eigenvalue weighted by atomic mass is 9.95. The summed E-state index contributed by atoms with van der Waals surface area (Å²) in [5.41, 5.74) is 1.67. The molecule has 0 aliphatic carbocycles. The summed E-state index contributed by atoms with van der Waals surface area (Å²) in [6.07, 6.45) is 2.19. The predicted molar refractivity (Wildman–Crippen MR) is 70.4 cm³/mol. The maximum absolute atomic E-state index is 12.1. The van der Waals surface area contributed by atoms with E-state index < -0.39 is 0 Å². The molecule has 0 fully saturated rings. The van der Waals surface area contributed by atoms with Gasteiger partial charge in [0.1, 0.15) is 5.78 Å². The number of hydrogen-bond acceptors (Lipinski definition) is 2. The zero-order valence-corrected chi connectivity index (χ0v) is 11.8. The molecule has 0 aliphatic heterocycles. The lowest BCUT2D eigenvalue weighted by Gasteiger charge is -2.11. The van der Waals surface area contributed by atoms with Gasteiger partial charge in [0.05, 0.1) is 22.8 Å². The Morgan fingerprint density at radius 3 is 2.41 bits per heavy atom. The van der Waals surface area contributed by atoms with E-state index >= 15 is 0 Å². The van der Waals surface area contributed by atoms with Crippen LogP contribution in [0.4, 0.5) is 0 Å². The standard InChI is InChI=1S/C13H21ClN2O/c1-5-10(6-2)12(17)8-11-13(14)9(4)15-16(11)7-3/h10H,5-8H2,1-4H3. The highest BCUT2D eigenvalue weighted by Crippen LogP contribution is 2.23. The van der Waals surface area contributed by atoms with Gasteiger partial charge in [-0.05, 0) is 26.7 Å². The lowest BCUT2D eigenvalue weighted by molar-refractivity contribution is -0.122. The molecule has 0 spiro atoms. The van der Waals surface area contributed by atoms with Crippen molar-refractivity contribution in [3.8, 4) is 0 Å². The Bertz CT molecular complexity index is 394. The first-order chi connectivity index (χ1) is 8.04. The second-order valence-electron chi connectivity index (χ2n) is 4.32. The molecular weight excluding hydrogens is 236 g/mol. The number of nitrogens with zero attached hydrogens (tertiary/aromatic N) is 2. The van der Waals surface area contributed by atoms with Gasteiger partial charge in [-0.1, -0.05) is 25.4 Å². The highest BCUT2D eigenvalue weighted by atomic mass is 35.5. The highest BCUT2D eigenvalue weighted by Gasteiger charge is 2.20. The molecule has 0 saturated heterocycles. The average Bonchev–Trinajstić information content (AvgIpc) is 2.58. The summed E-state index contributed by atoms with van der Waals surface area (Å²) in [4.78, 5) is 12.1. The minimum atomic E-state index is 0.145. The Morgan fingerprint density at radius 1 is 1.35 bits per heavy atom. The topological polar surface area (TPSA) is 34.9 Å².